The summed E-state index contributed by atoms with van der Waals surface area (Å²) in [6, 6.07) is -3.89. The second-order valence-corrected chi connectivity index (χ2v) is 5.61. The van der Waals surface area contributed by atoms with Crippen LogP contribution in [0.25, 0.3) is 0 Å². The lowest BCUT2D eigenvalue weighted by Gasteiger charge is -2.28. The van der Waals surface area contributed by atoms with Crippen molar-refractivity contribution in [1.29, 1.82) is 0 Å². The summed E-state index contributed by atoms with van der Waals surface area (Å²) in [4.78, 5) is 74.0. The summed E-state index contributed by atoms with van der Waals surface area (Å²) in [6.45, 7) is 0. The minimum atomic E-state index is -2.38. The second-order valence-electron chi connectivity index (χ2n) is 4.71. The smallest absolute Gasteiger partial charge is 0.275 e. The summed E-state index contributed by atoms with van der Waals surface area (Å²) in [7, 11) is 0. The Labute approximate surface area is 141 Å². The van der Waals surface area contributed by atoms with Crippen LogP contribution in [-0.4, -0.2) is 46.7 Å². The largest absolute Gasteiger partial charge is 0.328 e. The molecule has 13 nitrogen and oxygen atoms in total. The van der Waals surface area contributed by atoms with Gasteiger partial charge in [0.1, 0.15) is 5.01 Å². The van der Waals surface area contributed by atoms with Gasteiger partial charge in [0.2, 0.25) is 6.04 Å². The third-order valence-corrected chi connectivity index (χ3v) is 4.03. The van der Waals surface area contributed by atoms with Crippen molar-refractivity contribution in [1.82, 2.24) is 26.3 Å². The summed E-state index contributed by atoms with van der Waals surface area (Å²) in [5, 5.41) is 15.6. The molecule has 1 aromatic heterocycles. The maximum absolute atomic E-state index is 12.3. The number of aromatic nitrogens is 1. The molecule has 0 radical (unpaired) electrons. The van der Waals surface area contributed by atoms with Crippen LogP contribution < -0.4 is 21.3 Å². The Kier molecular flexibility index (Phi) is 3.80. The molecule has 0 saturated carbocycles. The van der Waals surface area contributed by atoms with E-state index in [-0.39, 0.29) is 5.01 Å². The standard InChI is InChI=1S/C11H7N7O6S/c19-4-3(5(20)14-9(23)13-4)17-18-11(8-12-1-2-25-8)6(21)15-10(24)16-7(11)22/h1-3H,(H2,13,14,19,20,23)(H2,15,16,21,22,24). The Bertz CT molecular complexity index is 807. The molecule has 3 rings (SSSR count). The van der Waals surface area contributed by atoms with Crippen LogP contribution in [0.4, 0.5) is 9.59 Å². The van der Waals surface area contributed by atoms with Gasteiger partial charge in [0.05, 0.1) is 0 Å². The highest BCUT2D eigenvalue weighted by atomic mass is 32.1. The fourth-order valence-corrected chi connectivity index (χ4v) is 2.78. The molecule has 0 atom stereocenters. The first-order valence-electron chi connectivity index (χ1n) is 6.49. The zero-order valence-electron chi connectivity index (χ0n) is 11.9. The van der Waals surface area contributed by atoms with Gasteiger partial charge in [-0.3, -0.25) is 40.4 Å². The van der Waals surface area contributed by atoms with E-state index in [9.17, 15) is 28.8 Å². The lowest BCUT2D eigenvalue weighted by atomic mass is 9.97. The van der Waals surface area contributed by atoms with Crippen molar-refractivity contribution < 1.29 is 28.8 Å². The Morgan fingerprint density at radius 3 is 2.00 bits per heavy atom. The van der Waals surface area contributed by atoms with Crippen LogP contribution in [0.5, 0.6) is 0 Å². The van der Waals surface area contributed by atoms with Crippen LogP contribution in [0.2, 0.25) is 0 Å². The van der Waals surface area contributed by atoms with Gasteiger partial charge in [-0.15, -0.1) is 11.3 Å². The molecule has 2 aliphatic rings. The first-order valence-corrected chi connectivity index (χ1v) is 7.37. The zero-order valence-corrected chi connectivity index (χ0v) is 12.7. The summed E-state index contributed by atoms with van der Waals surface area (Å²) in [6.07, 6.45) is 1.28. The van der Waals surface area contributed by atoms with Crippen molar-refractivity contribution >= 4 is 47.0 Å². The number of barbiturate groups is 2. The SMILES string of the molecule is O=C1NC(=O)C(N=NC2(c3nccs3)C(=O)NC(=O)NC2=O)C(=O)N1. The predicted octanol–water partition coefficient (Wildman–Crippen LogP) is -2.11. The number of nitrogens with one attached hydrogen (secondary N) is 4. The fraction of sp³-hybridized carbons (Fsp3) is 0.182. The third-order valence-electron chi connectivity index (χ3n) is 3.15. The van der Waals surface area contributed by atoms with Crippen LogP contribution in [0.15, 0.2) is 21.8 Å². The van der Waals surface area contributed by atoms with E-state index in [4.69, 9.17) is 0 Å². The number of hydrogen-bond acceptors (Lipinski definition) is 10. The van der Waals surface area contributed by atoms with E-state index < -0.39 is 47.3 Å². The Morgan fingerprint density at radius 2 is 1.48 bits per heavy atom. The van der Waals surface area contributed by atoms with Gasteiger partial charge in [0, 0.05) is 11.6 Å². The lowest BCUT2D eigenvalue weighted by Crippen LogP contribution is -2.64. The molecule has 0 spiro atoms. The van der Waals surface area contributed by atoms with E-state index in [2.05, 4.69) is 15.2 Å². The molecular weight excluding hydrogens is 358 g/mol. The molecule has 2 saturated heterocycles. The minimum absolute atomic E-state index is 0.133. The quantitative estimate of drug-likeness (QED) is 0.348. The van der Waals surface area contributed by atoms with Gasteiger partial charge in [0.25, 0.3) is 29.2 Å². The van der Waals surface area contributed by atoms with Gasteiger partial charge >= 0.3 is 12.1 Å². The minimum Gasteiger partial charge on any atom is -0.275 e. The normalized spacial score (nSPS) is 21.0. The van der Waals surface area contributed by atoms with Crippen molar-refractivity contribution in [2.75, 3.05) is 0 Å². The van der Waals surface area contributed by atoms with Crippen molar-refractivity contribution in [2.24, 2.45) is 10.2 Å². The molecule has 4 N–H and O–H groups in total. The number of azo groups is 1. The molecule has 8 amide bonds. The van der Waals surface area contributed by atoms with Crippen LogP contribution >= 0.6 is 11.3 Å². The Morgan fingerprint density at radius 1 is 0.920 bits per heavy atom. The van der Waals surface area contributed by atoms with Gasteiger partial charge in [0.15, 0.2) is 0 Å². The van der Waals surface area contributed by atoms with Gasteiger partial charge in [-0.25, -0.2) is 14.6 Å². The first-order chi connectivity index (χ1) is 11.8. The van der Waals surface area contributed by atoms with E-state index in [1.54, 1.807) is 10.6 Å². The maximum atomic E-state index is 12.3. The summed E-state index contributed by atoms with van der Waals surface area (Å²) in [5.74, 6) is -4.46. The van der Waals surface area contributed by atoms with Gasteiger partial charge in [-0.1, -0.05) is 0 Å². The van der Waals surface area contributed by atoms with Crippen molar-refractivity contribution in [3.8, 4) is 0 Å². The van der Waals surface area contributed by atoms with Gasteiger partial charge < -0.3 is 0 Å². The van der Waals surface area contributed by atoms with Crippen LogP contribution in [0.3, 0.4) is 0 Å². The second kappa shape index (κ2) is 5.82. The highest BCUT2D eigenvalue weighted by molar-refractivity contribution is 7.10. The number of thiazole rings is 1. The molecule has 128 valence electrons. The highest BCUT2D eigenvalue weighted by Crippen LogP contribution is 2.31. The molecule has 0 bridgehead atoms. The topological polar surface area (TPSA) is 188 Å². The van der Waals surface area contributed by atoms with E-state index in [0.29, 0.717) is 0 Å². The highest BCUT2D eigenvalue weighted by Gasteiger charge is 2.55. The summed E-state index contributed by atoms with van der Waals surface area (Å²) in [5.41, 5.74) is -2.38. The molecule has 0 aliphatic carbocycles. The zero-order chi connectivity index (χ0) is 18.2. The molecule has 1 aromatic rings. The number of imide groups is 4. The molecule has 0 aromatic carbocycles. The number of carbonyl (C=O) groups is 6. The Hall–Kier alpha value is -3.55. The number of carbonyl (C=O) groups excluding carboxylic acids is 6. The van der Waals surface area contributed by atoms with Crippen LogP contribution in [-0.2, 0) is 24.7 Å². The number of rotatable bonds is 3. The van der Waals surface area contributed by atoms with E-state index in [0.717, 1.165) is 11.3 Å². The van der Waals surface area contributed by atoms with E-state index >= 15 is 0 Å². The predicted molar refractivity (Wildman–Crippen MR) is 75.8 cm³/mol. The molecule has 14 heteroatoms. The van der Waals surface area contributed by atoms with Crippen molar-refractivity contribution in [3.05, 3.63) is 16.6 Å². The van der Waals surface area contributed by atoms with Crippen molar-refractivity contribution in [3.63, 3.8) is 0 Å². The molecule has 2 fully saturated rings. The van der Waals surface area contributed by atoms with Crippen molar-refractivity contribution in [2.45, 2.75) is 11.6 Å². The van der Waals surface area contributed by atoms with Crippen LogP contribution in [0, 0.1) is 0 Å². The third kappa shape index (κ3) is 2.63. The average molecular weight is 365 g/mol. The summed E-state index contributed by atoms with van der Waals surface area (Å²) >= 11 is 0.873. The maximum Gasteiger partial charge on any atom is 0.328 e. The fourth-order valence-electron chi connectivity index (χ4n) is 2.01. The number of hydrogen-bond donors (Lipinski definition) is 4. The monoisotopic (exact) mass is 365 g/mol. The lowest BCUT2D eigenvalue weighted by molar-refractivity contribution is -0.139. The van der Waals surface area contributed by atoms with E-state index in [1.807, 2.05) is 10.6 Å². The van der Waals surface area contributed by atoms with E-state index in [1.165, 1.54) is 11.6 Å². The number of amides is 8. The molecule has 25 heavy (non-hydrogen) atoms. The average Bonchev–Trinajstić information content (AvgIpc) is 3.03. The summed E-state index contributed by atoms with van der Waals surface area (Å²) < 4.78 is 0. The first kappa shape index (κ1) is 16.3. The molecule has 2 aliphatic heterocycles. The van der Waals surface area contributed by atoms with Gasteiger partial charge in [-0.05, 0) is 0 Å². The molecule has 0 unspecified atom stereocenters. The number of urea groups is 2. The van der Waals surface area contributed by atoms with Crippen LogP contribution in [0.1, 0.15) is 5.01 Å². The number of nitrogens with zero attached hydrogens (tertiary/aromatic N) is 3. The Balaban J connectivity index is 2.02. The molecule has 3 heterocycles. The molecular formula is C11H7N7O6S. The van der Waals surface area contributed by atoms with Gasteiger partial charge in [-0.2, -0.15) is 10.2 Å².